The maximum atomic E-state index is 10.4. The van der Waals surface area contributed by atoms with E-state index in [2.05, 4.69) is 4.90 Å². The van der Waals surface area contributed by atoms with Crippen molar-refractivity contribution in [2.24, 2.45) is 0 Å². The standard InChI is InChI=1S/C14H18ClNO3/c1-16(2)8-3-9-19-13-6-4-11(10-12(13)15)5-7-14(17)18/h4-7,10H,3,8-9H2,1-2H3,(H,17,18)/b7-5+. The second kappa shape index (κ2) is 7.81. The van der Waals surface area contributed by atoms with Crippen LogP contribution >= 0.6 is 11.6 Å². The summed E-state index contributed by atoms with van der Waals surface area (Å²) in [5.74, 6) is -0.368. The maximum absolute atomic E-state index is 10.4. The smallest absolute Gasteiger partial charge is 0.328 e. The van der Waals surface area contributed by atoms with Gasteiger partial charge >= 0.3 is 5.97 Å². The number of aliphatic carboxylic acids is 1. The van der Waals surface area contributed by atoms with Gasteiger partial charge in [-0.1, -0.05) is 17.7 Å². The third-order valence-electron chi connectivity index (χ3n) is 2.38. The van der Waals surface area contributed by atoms with Crippen LogP contribution in [0.3, 0.4) is 0 Å². The predicted octanol–water partition coefficient (Wildman–Crippen LogP) is 2.77. The van der Waals surface area contributed by atoms with E-state index in [0.29, 0.717) is 17.4 Å². The zero-order valence-electron chi connectivity index (χ0n) is 11.1. The second-order valence-electron chi connectivity index (χ2n) is 4.37. The zero-order valence-corrected chi connectivity index (χ0v) is 11.9. The Morgan fingerprint density at radius 2 is 2.21 bits per heavy atom. The number of carbonyl (C=O) groups is 1. The molecule has 1 aromatic carbocycles. The lowest BCUT2D eigenvalue weighted by Gasteiger charge is -2.11. The maximum Gasteiger partial charge on any atom is 0.328 e. The molecule has 0 spiro atoms. The molecule has 0 atom stereocenters. The highest BCUT2D eigenvalue weighted by molar-refractivity contribution is 6.32. The van der Waals surface area contributed by atoms with Gasteiger partial charge in [-0.05, 0) is 44.3 Å². The van der Waals surface area contributed by atoms with E-state index in [0.717, 1.165) is 24.6 Å². The number of nitrogens with zero attached hydrogens (tertiary/aromatic N) is 1. The number of carboxylic acid groups (broad SMARTS) is 1. The van der Waals surface area contributed by atoms with Crippen LogP contribution in [-0.2, 0) is 4.79 Å². The van der Waals surface area contributed by atoms with E-state index in [1.165, 1.54) is 6.08 Å². The first kappa shape index (κ1) is 15.5. The van der Waals surface area contributed by atoms with Gasteiger partial charge in [-0.3, -0.25) is 0 Å². The number of hydrogen-bond acceptors (Lipinski definition) is 3. The summed E-state index contributed by atoms with van der Waals surface area (Å²) in [5.41, 5.74) is 0.730. The van der Waals surface area contributed by atoms with Gasteiger partial charge < -0.3 is 14.7 Å². The SMILES string of the molecule is CN(C)CCCOc1ccc(/C=C/C(=O)O)cc1Cl. The largest absolute Gasteiger partial charge is 0.492 e. The Balaban J connectivity index is 2.55. The molecule has 0 radical (unpaired) electrons. The number of ether oxygens (including phenoxy) is 1. The molecule has 104 valence electrons. The molecule has 4 nitrogen and oxygen atoms in total. The Bertz CT molecular complexity index is 458. The van der Waals surface area contributed by atoms with Crippen molar-refractivity contribution >= 4 is 23.6 Å². The monoisotopic (exact) mass is 283 g/mol. The average Bonchev–Trinajstić information content (AvgIpc) is 2.33. The van der Waals surface area contributed by atoms with Gasteiger partial charge in [0.25, 0.3) is 0 Å². The van der Waals surface area contributed by atoms with Gasteiger partial charge in [-0.25, -0.2) is 4.79 Å². The Morgan fingerprint density at radius 1 is 1.47 bits per heavy atom. The molecule has 1 rings (SSSR count). The van der Waals surface area contributed by atoms with Crippen LogP contribution in [0.1, 0.15) is 12.0 Å². The molecule has 0 fully saturated rings. The molecular formula is C14H18ClNO3. The van der Waals surface area contributed by atoms with Gasteiger partial charge in [-0.2, -0.15) is 0 Å². The first-order valence-corrected chi connectivity index (χ1v) is 6.35. The van der Waals surface area contributed by atoms with Gasteiger partial charge in [0.2, 0.25) is 0 Å². The molecule has 0 saturated carbocycles. The van der Waals surface area contributed by atoms with Crippen LogP contribution in [0.25, 0.3) is 6.08 Å². The summed E-state index contributed by atoms with van der Waals surface area (Å²) in [5, 5.41) is 9.02. The highest BCUT2D eigenvalue weighted by Gasteiger charge is 2.02. The van der Waals surface area contributed by atoms with Gasteiger partial charge in [0.15, 0.2) is 0 Å². The van der Waals surface area contributed by atoms with Gasteiger partial charge in [0.1, 0.15) is 5.75 Å². The zero-order chi connectivity index (χ0) is 14.3. The Kier molecular flexibility index (Phi) is 6.39. The van der Waals surface area contributed by atoms with Crippen LogP contribution < -0.4 is 4.74 Å². The highest BCUT2D eigenvalue weighted by atomic mass is 35.5. The fourth-order valence-electron chi connectivity index (χ4n) is 1.47. The third kappa shape index (κ3) is 6.27. The predicted molar refractivity (Wildman–Crippen MR) is 76.8 cm³/mol. The molecule has 0 aromatic heterocycles. The molecule has 5 heteroatoms. The first-order chi connectivity index (χ1) is 8.99. The molecule has 0 heterocycles. The summed E-state index contributed by atoms with van der Waals surface area (Å²) in [6, 6.07) is 5.20. The van der Waals surface area contributed by atoms with Crippen molar-refractivity contribution in [2.45, 2.75) is 6.42 Å². The fraction of sp³-hybridized carbons (Fsp3) is 0.357. The normalized spacial score (nSPS) is 11.2. The molecular weight excluding hydrogens is 266 g/mol. The lowest BCUT2D eigenvalue weighted by molar-refractivity contribution is -0.131. The van der Waals surface area contributed by atoms with Crippen molar-refractivity contribution in [1.29, 1.82) is 0 Å². The third-order valence-corrected chi connectivity index (χ3v) is 2.68. The van der Waals surface area contributed by atoms with E-state index in [4.69, 9.17) is 21.4 Å². The summed E-state index contributed by atoms with van der Waals surface area (Å²) in [4.78, 5) is 12.5. The fourth-order valence-corrected chi connectivity index (χ4v) is 1.71. The lowest BCUT2D eigenvalue weighted by atomic mass is 10.2. The molecule has 19 heavy (non-hydrogen) atoms. The van der Waals surface area contributed by atoms with Crippen molar-refractivity contribution in [3.63, 3.8) is 0 Å². The summed E-state index contributed by atoms with van der Waals surface area (Å²) in [6.07, 6.45) is 3.48. The number of hydrogen-bond donors (Lipinski definition) is 1. The molecule has 1 N–H and O–H groups in total. The average molecular weight is 284 g/mol. The quantitative estimate of drug-likeness (QED) is 0.617. The minimum absolute atomic E-state index is 0.484. The molecule has 0 amide bonds. The molecule has 0 unspecified atom stereocenters. The lowest BCUT2D eigenvalue weighted by Crippen LogP contribution is -2.15. The van der Waals surface area contributed by atoms with Crippen LogP contribution in [0, 0.1) is 0 Å². The number of benzene rings is 1. The van der Waals surface area contributed by atoms with Crippen LogP contribution in [0.15, 0.2) is 24.3 Å². The molecule has 0 aliphatic carbocycles. The highest BCUT2D eigenvalue weighted by Crippen LogP contribution is 2.26. The minimum Gasteiger partial charge on any atom is -0.492 e. The molecule has 0 aliphatic rings. The minimum atomic E-state index is -0.986. The Labute approximate surface area is 118 Å². The van der Waals surface area contributed by atoms with E-state index in [1.807, 2.05) is 14.1 Å². The van der Waals surface area contributed by atoms with Crippen LogP contribution in [0.5, 0.6) is 5.75 Å². The number of halogens is 1. The van der Waals surface area contributed by atoms with Crippen LogP contribution in [-0.4, -0.2) is 43.2 Å². The Morgan fingerprint density at radius 3 is 2.79 bits per heavy atom. The molecule has 0 saturated heterocycles. The summed E-state index contributed by atoms with van der Waals surface area (Å²) in [6.45, 7) is 1.55. The van der Waals surface area contributed by atoms with Crippen LogP contribution in [0.2, 0.25) is 5.02 Å². The van der Waals surface area contributed by atoms with E-state index in [-0.39, 0.29) is 0 Å². The van der Waals surface area contributed by atoms with Gasteiger partial charge in [0.05, 0.1) is 11.6 Å². The topological polar surface area (TPSA) is 49.8 Å². The summed E-state index contributed by atoms with van der Waals surface area (Å²) in [7, 11) is 4.02. The molecule has 0 bridgehead atoms. The van der Waals surface area contributed by atoms with E-state index < -0.39 is 5.97 Å². The van der Waals surface area contributed by atoms with Gasteiger partial charge in [-0.15, -0.1) is 0 Å². The summed E-state index contributed by atoms with van der Waals surface area (Å²) >= 11 is 6.07. The van der Waals surface area contributed by atoms with Crippen molar-refractivity contribution in [2.75, 3.05) is 27.2 Å². The molecule has 1 aromatic rings. The van der Waals surface area contributed by atoms with E-state index in [9.17, 15) is 4.79 Å². The van der Waals surface area contributed by atoms with Crippen molar-refractivity contribution < 1.29 is 14.6 Å². The van der Waals surface area contributed by atoms with Crippen molar-refractivity contribution in [3.05, 3.63) is 34.9 Å². The van der Waals surface area contributed by atoms with Crippen molar-refractivity contribution in [3.8, 4) is 5.75 Å². The second-order valence-corrected chi connectivity index (χ2v) is 4.77. The molecule has 0 aliphatic heterocycles. The van der Waals surface area contributed by atoms with Crippen LogP contribution in [0.4, 0.5) is 0 Å². The Hall–Kier alpha value is -1.52. The number of carboxylic acids is 1. The van der Waals surface area contributed by atoms with Crippen molar-refractivity contribution in [1.82, 2.24) is 4.90 Å². The number of rotatable bonds is 7. The van der Waals surface area contributed by atoms with E-state index >= 15 is 0 Å². The van der Waals surface area contributed by atoms with E-state index in [1.54, 1.807) is 18.2 Å². The van der Waals surface area contributed by atoms with Gasteiger partial charge in [0, 0.05) is 12.6 Å². The first-order valence-electron chi connectivity index (χ1n) is 5.97. The summed E-state index contributed by atoms with van der Waals surface area (Å²) < 4.78 is 5.57.